The third kappa shape index (κ3) is 6.95. The normalized spacial score (nSPS) is 15.1. The van der Waals surface area contributed by atoms with Gasteiger partial charge in [-0.25, -0.2) is 9.79 Å². The Kier molecular flexibility index (Phi) is 9.70. The van der Waals surface area contributed by atoms with Crippen molar-refractivity contribution in [2.24, 2.45) is 4.99 Å². The van der Waals surface area contributed by atoms with Crippen molar-refractivity contribution >= 4 is 52.2 Å². The molecular formula is C29H27ClN2O7S. The molecule has 0 spiro atoms. The summed E-state index contributed by atoms with van der Waals surface area (Å²) < 4.78 is 21.8. The number of carbonyl (C=O) groups is 2. The molecule has 0 aliphatic carbocycles. The first-order chi connectivity index (χ1) is 19.3. The van der Waals surface area contributed by atoms with E-state index in [0.717, 1.165) is 0 Å². The molecule has 0 aromatic heterocycles. The van der Waals surface area contributed by atoms with Crippen molar-refractivity contribution < 1.29 is 33.6 Å². The van der Waals surface area contributed by atoms with E-state index in [-0.39, 0.29) is 23.1 Å². The summed E-state index contributed by atoms with van der Waals surface area (Å²) in [6.45, 7) is 0.780. The van der Waals surface area contributed by atoms with Gasteiger partial charge >= 0.3 is 5.97 Å². The molecule has 1 aliphatic heterocycles. The van der Waals surface area contributed by atoms with Gasteiger partial charge in [0.05, 0.1) is 48.5 Å². The molecule has 3 aromatic rings. The van der Waals surface area contributed by atoms with Gasteiger partial charge in [0.15, 0.2) is 16.7 Å². The maximum Gasteiger partial charge on any atom is 0.335 e. The van der Waals surface area contributed by atoms with Crippen molar-refractivity contribution in [2.75, 3.05) is 34.5 Å². The summed E-state index contributed by atoms with van der Waals surface area (Å²) in [5.41, 5.74) is 2.14. The lowest BCUT2D eigenvalue weighted by Crippen LogP contribution is -2.32. The zero-order valence-electron chi connectivity index (χ0n) is 22.0. The van der Waals surface area contributed by atoms with Gasteiger partial charge in [0, 0.05) is 7.11 Å². The fraction of sp³-hybridized carbons (Fsp3) is 0.207. The third-order valence-corrected chi connectivity index (χ3v) is 7.10. The Morgan fingerprint density at radius 3 is 2.52 bits per heavy atom. The second-order valence-corrected chi connectivity index (χ2v) is 9.90. The van der Waals surface area contributed by atoms with Crippen molar-refractivity contribution in [2.45, 2.75) is 6.61 Å². The fourth-order valence-corrected chi connectivity index (χ4v) is 5.10. The lowest BCUT2D eigenvalue weighted by molar-refractivity contribution is -0.122. The number of hydrogen-bond acceptors (Lipinski definition) is 8. The maximum atomic E-state index is 13.3. The monoisotopic (exact) mass is 582 g/mol. The summed E-state index contributed by atoms with van der Waals surface area (Å²) in [7, 11) is 4.66. The first-order valence-corrected chi connectivity index (χ1v) is 13.3. The molecule has 1 saturated heterocycles. The standard InChI is InChI=1S/C29H27ClN2O7S/c1-36-12-11-32-27(33)25(40-29(32)31-21-7-9-22(37-2)10-8-21)16-19-14-23(30)26(24(15-19)38-3)39-17-18-5-4-6-20(13-18)28(34)35/h4-10,13-16H,11-12,17H2,1-3H3,(H,34,35)/b25-16-,31-29?. The number of carboxylic acids is 1. The molecule has 1 heterocycles. The number of carbonyl (C=O) groups excluding carboxylic acids is 1. The Morgan fingerprint density at radius 2 is 1.85 bits per heavy atom. The molecule has 1 fully saturated rings. The van der Waals surface area contributed by atoms with Gasteiger partial charge in [-0.1, -0.05) is 23.7 Å². The molecule has 3 aromatic carbocycles. The van der Waals surface area contributed by atoms with Gasteiger partial charge in [0.2, 0.25) is 0 Å². The number of ether oxygens (including phenoxy) is 4. The molecule has 40 heavy (non-hydrogen) atoms. The molecule has 4 rings (SSSR count). The van der Waals surface area contributed by atoms with Gasteiger partial charge in [-0.05, 0) is 77.5 Å². The van der Waals surface area contributed by atoms with Gasteiger partial charge in [0.1, 0.15) is 12.4 Å². The van der Waals surface area contributed by atoms with Crippen LogP contribution in [0.15, 0.2) is 70.6 Å². The highest BCUT2D eigenvalue weighted by Crippen LogP contribution is 2.40. The van der Waals surface area contributed by atoms with Gasteiger partial charge in [-0.3, -0.25) is 9.69 Å². The number of nitrogens with zero attached hydrogens (tertiary/aromatic N) is 2. The number of aliphatic imine (C=N–C) groups is 1. The van der Waals surface area contributed by atoms with Crippen LogP contribution in [-0.2, 0) is 16.1 Å². The van der Waals surface area contributed by atoms with Crippen LogP contribution in [0.5, 0.6) is 17.2 Å². The van der Waals surface area contributed by atoms with Crippen molar-refractivity contribution in [3.05, 3.63) is 87.3 Å². The van der Waals surface area contributed by atoms with Crippen LogP contribution in [-0.4, -0.2) is 61.5 Å². The summed E-state index contributed by atoms with van der Waals surface area (Å²) >= 11 is 7.81. The number of amidine groups is 1. The van der Waals surface area contributed by atoms with Crippen LogP contribution >= 0.6 is 23.4 Å². The van der Waals surface area contributed by atoms with E-state index in [1.165, 1.54) is 31.0 Å². The molecule has 1 amide bonds. The molecule has 11 heteroatoms. The van der Waals surface area contributed by atoms with Gasteiger partial charge < -0.3 is 24.1 Å². The third-order valence-electron chi connectivity index (χ3n) is 5.81. The SMILES string of the molecule is COCCN1C(=O)/C(=C/c2cc(Cl)c(OCc3cccc(C(=O)O)c3)c(OC)c2)SC1=Nc1ccc(OC)cc1. The minimum absolute atomic E-state index is 0.0889. The van der Waals surface area contributed by atoms with Gasteiger partial charge in [0.25, 0.3) is 5.91 Å². The molecular weight excluding hydrogens is 556 g/mol. The molecule has 0 radical (unpaired) electrons. The van der Waals surface area contributed by atoms with Crippen LogP contribution in [0, 0.1) is 0 Å². The number of benzene rings is 3. The highest BCUT2D eigenvalue weighted by Gasteiger charge is 2.33. The minimum atomic E-state index is -1.02. The summed E-state index contributed by atoms with van der Waals surface area (Å²) in [5.74, 6) is 0.159. The zero-order chi connectivity index (χ0) is 28.6. The molecule has 0 saturated carbocycles. The number of rotatable bonds is 11. The fourth-order valence-electron chi connectivity index (χ4n) is 3.80. The van der Waals surface area contributed by atoms with Crippen LogP contribution in [0.25, 0.3) is 6.08 Å². The number of carboxylic acid groups (broad SMARTS) is 1. The lowest BCUT2D eigenvalue weighted by atomic mass is 10.1. The highest BCUT2D eigenvalue weighted by atomic mass is 35.5. The summed E-state index contributed by atoms with van der Waals surface area (Å²) in [4.78, 5) is 31.3. The number of aromatic carboxylic acids is 1. The van der Waals surface area contributed by atoms with Crippen LogP contribution in [0.4, 0.5) is 5.69 Å². The minimum Gasteiger partial charge on any atom is -0.497 e. The quantitative estimate of drug-likeness (QED) is 0.279. The first-order valence-electron chi connectivity index (χ1n) is 12.1. The van der Waals surface area contributed by atoms with Crippen molar-refractivity contribution in [3.63, 3.8) is 0 Å². The number of amides is 1. The topological polar surface area (TPSA) is 107 Å². The van der Waals surface area contributed by atoms with Crippen LogP contribution < -0.4 is 14.2 Å². The predicted molar refractivity (Wildman–Crippen MR) is 155 cm³/mol. The number of hydrogen-bond donors (Lipinski definition) is 1. The number of thioether (sulfide) groups is 1. The predicted octanol–water partition coefficient (Wildman–Crippen LogP) is 5.88. The average Bonchev–Trinajstić information content (AvgIpc) is 3.24. The first kappa shape index (κ1) is 29.0. The molecule has 9 nitrogen and oxygen atoms in total. The van der Waals surface area contributed by atoms with E-state index >= 15 is 0 Å². The zero-order valence-corrected chi connectivity index (χ0v) is 23.6. The van der Waals surface area contributed by atoms with E-state index in [1.54, 1.807) is 61.6 Å². The summed E-state index contributed by atoms with van der Waals surface area (Å²) in [6.07, 6.45) is 1.72. The van der Waals surface area contributed by atoms with Crippen molar-refractivity contribution in [1.29, 1.82) is 0 Å². The van der Waals surface area contributed by atoms with Crippen LogP contribution in [0.3, 0.4) is 0 Å². The average molecular weight is 583 g/mol. The van der Waals surface area contributed by atoms with Crippen LogP contribution in [0.1, 0.15) is 21.5 Å². The summed E-state index contributed by atoms with van der Waals surface area (Å²) in [6, 6.07) is 17.1. The molecule has 0 bridgehead atoms. The Hall–Kier alpha value is -3.99. The number of methoxy groups -OCH3 is 3. The van der Waals surface area contributed by atoms with Crippen molar-refractivity contribution in [3.8, 4) is 17.2 Å². The molecule has 0 unspecified atom stereocenters. The second kappa shape index (κ2) is 13.4. The van der Waals surface area contributed by atoms with Crippen molar-refractivity contribution in [1.82, 2.24) is 4.90 Å². The van der Waals surface area contributed by atoms with E-state index in [9.17, 15) is 14.7 Å². The number of halogens is 1. The Balaban J connectivity index is 1.59. The largest absolute Gasteiger partial charge is 0.497 e. The van der Waals surface area contributed by atoms with E-state index in [4.69, 9.17) is 30.5 Å². The van der Waals surface area contributed by atoms with Gasteiger partial charge in [-0.2, -0.15) is 0 Å². The Bertz CT molecular complexity index is 1460. The maximum absolute atomic E-state index is 13.3. The lowest BCUT2D eigenvalue weighted by Gasteiger charge is -2.15. The molecule has 0 atom stereocenters. The van der Waals surface area contributed by atoms with Crippen LogP contribution in [0.2, 0.25) is 5.02 Å². The summed E-state index contributed by atoms with van der Waals surface area (Å²) in [5, 5.41) is 10.0. The molecule has 1 aliphatic rings. The second-order valence-electron chi connectivity index (χ2n) is 8.48. The Labute approximate surface area is 241 Å². The highest BCUT2D eigenvalue weighted by molar-refractivity contribution is 8.18. The van der Waals surface area contributed by atoms with E-state index < -0.39 is 5.97 Å². The van der Waals surface area contributed by atoms with E-state index in [1.807, 2.05) is 12.1 Å². The van der Waals surface area contributed by atoms with E-state index in [2.05, 4.69) is 4.99 Å². The van der Waals surface area contributed by atoms with E-state index in [0.29, 0.717) is 57.3 Å². The Morgan fingerprint density at radius 1 is 1.07 bits per heavy atom. The molecule has 208 valence electrons. The van der Waals surface area contributed by atoms with Gasteiger partial charge in [-0.15, -0.1) is 0 Å². The molecule has 1 N–H and O–H groups in total. The smallest absolute Gasteiger partial charge is 0.335 e.